The summed E-state index contributed by atoms with van der Waals surface area (Å²) in [4.78, 5) is 27.2. The van der Waals surface area contributed by atoms with Crippen LogP contribution in [0.2, 0.25) is 0 Å². The number of hydrogen-bond donors (Lipinski definition) is 3. The number of alkyl halides is 3. The van der Waals surface area contributed by atoms with Crippen molar-refractivity contribution in [3.63, 3.8) is 0 Å². The van der Waals surface area contributed by atoms with Crippen molar-refractivity contribution >= 4 is 28.1 Å². The van der Waals surface area contributed by atoms with Gasteiger partial charge in [-0.05, 0) is 58.8 Å². The van der Waals surface area contributed by atoms with Crippen LogP contribution in [0.1, 0.15) is 28.7 Å². The highest BCUT2D eigenvalue weighted by Crippen LogP contribution is 2.34. The highest BCUT2D eigenvalue weighted by Gasteiger charge is 2.31. The van der Waals surface area contributed by atoms with E-state index in [4.69, 9.17) is 4.74 Å². The van der Waals surface area contributed by atoms with Crippen molar-refractivity contribution in [3.05, 3.63) is 81.1 Å². The summed E-state index contributed by atoms with van der Waals surface area (Å²) in [5.74, 6) is -0.457. The molecule has 0 unspecified atom stereocenters. The van der Waals surface area contributed by atoms with Crippen molar-refractivity contribution < 1.29 is 27.8 Å². The summed E-state index contributed by atoms with van der Waals surface area (Å²) < 4.78 is 44.5. The second-order valence-corrected chi connectivity index (χ2v) is 7.41. The molecule has 32 heavy (non-hydrogen) atoms. The van der Waals surface area contributed by atoms with Crippen molar-refractivity contribution in [2.45, 2.75) is 25.8 Å². The van der Waals surface area contributed by atoms with Gasteiger partial charge in [0.1, 0.15) is 0 Å². The van der Waals surface area contributed by atoms with Gasteiger partial charge in [-0.1, -0.05) is 12.1 Å². The van der Waals surface area contributed by atoms with Gasteiger partial charge in [-0.3, -0.25) is 9.59 Å². The first-order chi connectivity index (χ1) is 15.2. The van der Waals surface area contributed by atoms with E-state index >= 15 is 0 Å². The predicted molar refractivity (Wildman–Crippen MR) is 113 cm³/mol. The van der Waals surface area contributed by atoms with Crippen molar-refractivity contribution in [1.29, 1.82) is 0 Å². The zero-order chi connectivity index (χ0) is 22.9. The van der Waals surface area contributed by atoms with E-state index in [0.29, 0.717) is 39.7 Å². The number of aromatic amines is 1. The molecule has 4 rings (SSSR count). The Balaban J connectivity index is 1.60. The lowest BCUT2D eigenvalue weighted by atomic mass is 9.96. The SMILES string of the molecule is O=C(/C=C1\CCOCc2cc(C(F)(F)F)ccc21)Nc1ccc2cc(CO)c(=O)[nH]c2c1. The Labute approximate surface area is 180 Å². The first-order valence-electron chi connectivity index (χ1n) is 9.81. The van der Waals surface area contributed by atoms with Gasteiger partial charge in [-0.15, -0.1) is 0 Å². The molecule has 0 atom stereocenters. The summed E-state index contributed by atoms with van der Waals surface area (Å²) in [5, 5.41) is 12.6. The number of benzene rings is 2. The second-order valence-electron chi connectivity index (χ2n) is 7.41. The van der Waals surface area contributed by atoms with E-state index in [1.54, 1.807) is 24.3 Å². The van der Waals surface area contributed by atoms with Crippen LogP contribution in [0, 0.1) is 0 Å². The molecule has 1 aromatic heterocycles. The van der Waals surface area contributed by atoms with Gasteiger partial charge in [0, 0.05) is 17.3 Å². The van der Waals surface area contributed by atoms with E-state index in [-0.39, 0.29) is 25.4 Å². The van der Waals surface area contributed by atoms with Gasteiger partial charge in [0.05, 0.1) is 30.9 Å². The minimum atomic E-state index is -4.46. The number of amides is 1. The minimum absolute atomic E-state index is 0.0338. The van der Waals surface area contributed by atoms with Crippen LogP contribution in [-0.4, -0.2) is 22.6 Å². The number of aliphatic hydroxyl groups is 1. The molecule has 1 aliphatic rings. The number of aliphatic hydroxyl groups excluding tert-OH is 1. The molecule has 1 aliphatic heterocycles. The number of H-pyrrole nitrogens is 1. The topological polar surface area (TPSA) is 91.4 Å². The fourth-order valence-electron chi connectivity index (χ4n) is 3.63. The Morgan fingerprint density at radius 2 is 2.00 bits per heavy atom. The number of hydrogen-bond acceptors (Lipinski definition) is 4. The van der Waals surface area contributed by atoms with Gasteiger partial charge < -0.3 is 20.1 Å². The first kappa shape index (κ1) is 21.8. The van der Waals surface area contributed by atoms with E-state index in [2.05, 4.69) is 10.3 Å². The number of halogens is 3. The molecular formula is C23H19F3N2O4. The Kier molecular flexibility index (Phi) is 5.86. The summed E-state index contributed by atoms with van der Waals surface area (Å²) >= 11 is 0. The summed E-state index contributed by atoms with van der Waals surface area (Å²) in [6, 6.07) is 9.92. The Morgan fingerprint density at radius 1 is 1.19 bits per heavy atom. The quantitative estimate of drug-likeness (QED) is 0.533. The molecule has 0 radical (unpaired) electrons. The third-order valence-corrected chi connectivity index (χ3v) is 5.22. The normalized spacial score (nSPS) is 15.4. The Hall–Kier alpha value is -3.43. The molecule has 2 aromatic carbocycles. The van der Waals surface area contributed by atoms with Crippen LogP contribution in [-0.2, 0) is 28.9 Å². The summed E-state index contributed by atoms with van der Waals surface area (Å²) in [7, 11) is 0. The molecule has 3 N–H and O–H groups in total. The van der Waals surface area contributed by atoms with Gasteiger partial charge >= 0.3 is 6.18 Å². The lowest BCUT2D eigenvalue weighted by molar-refractivity contribution is -0.137. The average Bonchev–Trinajstić information content (AvgIpc) is 2.94. The third-order valence-electron chi connectivity index (χ3n) is 5.22. The Bertz CT molecular complexity index is 1280. The molecule has 3 aromatic rings. The van der Waals surface area contributed by atoms with Crippen LogP contribution in [0.5, 0.6) is 0 Å². The summed E-state index contributed by atoms with van der Waals surface area (Å²) in [6.07, 6.45) is -2.74. The number of aromatic nitrogens is 1. The molecule has 0 fully saturated rings. The number of carbonyl (C=O) groups excluding carboxylic acids is 1. The molecule has 1 amide bonds. The maximum atomic E-state index is 13.0. The van der Waals surface area contributed by atoms with Crippen LogP contribution in [0.25, 0.3) is 16.5 Å². The summed E-state index contributed by atoms with van der Waals surface area (Å²) in [5.41, 5.74) is 1.48. The van der Waals surface area contributed by atoms with Crippen LogP contribution < -0.4 is 10.9 Å². The van der Waals surface area contributed by atoms with E-state index < -0.39 is 23.2 Å². The van der Waals surface area contributed by atoms with E-state index in [1.807, 2.05) is 0 Å². The predicted octanol–water partition coefficient (Wildman–Crippen LogP) is 3.98. The van der Waals surface area contributed by atoms with Crippen molar-refractivity contribution in [2.24, 2.45) is 0 Å². The maximum absolute atomic E-state index is 13.0. The smallest absolute Gasteiger partial charge is 0.391 e. The lowest BCUT2D eigenvalue weighted by Crippen LogP contribution is -2.13. The van der Waals surface area contributed by atoms with Crippen LogP contribution in [0.3, 0.4) is 0 Å². The van der Waals surface area contributed by atoms with E-state index in [1.165, 1.54) is 12.1 Å². The molecule has 6 nitrogen and oxygen atoms in total. The fourth-order valence-corrected chi connectivity index (χ4v) is 3.63. The van der Waals surface area contributed by atoms with Crippen LogP contribution in [0.4, 0.5) is 18.9 Å². The monoisotopic (exact) mass is 444 g/mol. The molecule has 166 valence electrons. The summed E-state index contributed by atoms with van der Waals surface area (Å²) in [6.45, 7) is -0.0708. The van der Waals surface area contributed by atoms with E-state index in [9.17, 15) is 27.9 Å². The van der Waals surface area contributed by atoms with Gasteiger partial charge in [-0.2, -0.15) is 13.2 Å². The van der Waals surface area contributed by atoms with Crippen LogP contribution >= 0.6 is 0 Å². The van der Waals surface area contributed by atoms with Crippen molar-refractivity contribution in [1.82, 2.24) is 4.98 Å². The third kappa shape index (κ3) is 4.58. The first-order valence-corrected chi connectivity index (χ1v) is 9.81. The second kappa shape index (κ2) is 8.60. The molecule has 0 bridgehead atoms. The average molecular weight is 444 g/mol. The standard InChI is InChI=1S/C23H19F3N2O4/c24-23(25,26)17-2-4-19-13(5-6-32-12-16(19)8-17)9-21(30)27-18-3-1-14-7-15(11-29)22(31)28-20(14)10-18/h1-4,7-10,29H,5-6,11-12H2,(H,27,30)(H,28,31)/b13-9+. The molecule has 0 saturated carbocycles. The number of nitrogens with one attached hydrogen (secondary N) is 2. The zero-order valence-corrected chi connectivity index (χ0v) is 16.8. The number of pyridine rings is 1. The zero-order valence-electron chi connectivity index (χ0n) is 16.8. The number of fused-ring (bicyclic) bond motifs is 2. The van der Waals surface area contributed by atoms with Crippen molar-refractivity contribution in [3.8, 4) is 0 Å². The number of ether oxygens (including phenoxy) is 1. The van der Waals surface area contributed by atoms with Gasteiger partial charge in [0.25, 0.3) is 5.56 Å². The van der Waals surface area contributed by atoms with Gasteiger partial charge in [0.15, 0.2) is 0 Å². The van der Waals surface area contributed by atoms with E-state index in [0.717, 1.165) is 12.1 Å². The molecule has 0 saturated heterocycles. The van der Waals surface area contributed by atoms with Crippen LogP contribution in [0.15, 0.2) is 53.3 Å². The molecule has 9 heteroatoms. The molecule has 2 heterocycles. The highest BCUT2D eigenvalue weighted by molar-refractivity contribution is 6.05. The number of anilines is 1. The minimum Gasteiger partial charge on any atom is -0.391 e. The number of carbonyl (C=O) groups is 1. The number of rotatable bonds is 3. The maximum Gasteiger partial charge on any atom is 0.416 e. The fraction of sp³-hybridized carbons (Fsp3) is 0.217. The van der Waals surface area contributed by atoms with Crippen molar-refractivity contribution in [2.75, 3.05) is 11.9 Å². The highest BCUT2D eigenvalue weighted by atomic mass is 19.4. The largest absolute Gasteiger partial charge is 0.416 e. The van der Waals surface area contributed by atoms with Gasteiger partial charge in [0.2, 0.25) is 5.91 Å². The van der Waals surface area contributed by atoms with Gasteiger partial charge in [-0.25, -0.2) is 0 Å². The lowest BCUT2D eigenvalue weighted by Gasteiger charge is -2.13. The molecule has 0 aliphatic carbocycles. The molecule has 0 spiro atoms. The molecular weight excluding hydrogens is 425 g/mol. The Morgan fingerprint density at radius 3 is 2.75 bits per heavy atom.